The summed E-state index contributed by atoms with van der Waals surface area (Å²) >= 11 is 0. The zero-order valence-corrected chi connectivity index (χ0v) is 19.8. The van der Waals surface area contributed by atoms with Crippen molar-refractivity contribution in [1.82, 2.24) is 0 Å². The van der Waals surface area contributed by atoms with Gasteiger partial charge in [-0.1, -0.05) is 65.3 Å². The summed E-state index contributed by atoms with van der Waals surface area (Å²) in [6.45, 7) is 14.7. The van der Waals surface area contributed by atoms with E-state index in [2.05, 4.69) is 59.8 Å². The number of fused-ring (bicyclic) bond motifs is 5. The molecule has 0 aliphatic heterocycles. The van der Waals surface area contributed by atoms with Crippen LogP contribution in [0.15, 0.2) is 23.8 Å². The van der Waals surface area contributed by atoms with Gasteiger partial charge in [-0.3, -0.25) is 4.79 Å². The maximum absolute atomic E-state index is 12.1. The van der Waals surface area contributed by atoms with Crippen molar-refractivity contribution in [3.05, 3.63) is 23.8 Å². The molecule has 3 saturated carbocycles. The molecule has 29 heavy (non-hydrogen) atoms. The fourth-order valence-electron chi connectivity index (χ4n) is 7.91. The highest BCUT2D eigenvalue weighted by molar-refractivity contribution is 5.79. The Morgan fingerprint density at radius 1 is 0.966 bits per heavy atom. The molecule has 0 N–H and O–H groups in total. The highest BCUT2D eigenvalue weighted by Crippen LogP contribution is 2.66. The third-order valence-corrected chi connectivity index (χ3v) is 10.4. The molecule has 3 fully saturated rings. The van der Waals surface area contributed by atoms with Gasteiger partial charge < -0.3 is 0 Å². The number of rotatable bonds is 4. The average molecular weight is 397 g/mol. The van der Waals surface area contributed by atoms with Gasteiger partial charge in [0.25, 0.3) is 0 Å². The van der Waals surface area contributed by atoms with Crippen molar-refractivity contribution in [2.45, 2.75) is 92.9 Å². The standard InChI is InChI=1S/C28H44O/c1-18(2)19(3)7-8-20(4)24-11-12-25-23-10-9-21-17-22(29)13-15-27(21,5)26(23)14-16-28(24,25)6/h7-8,10,18-21,24-26H,9,11-17H2,1-6H3/b8-7+/t19-,20+,21+,24-,25+,26-,27-,28-/m0/s1. The molecule has 0 saturated heterocycles. The van der Waals surface area contributed by atoms with Gasteiger partial charge >= 0.3 is 0 Å². The van der Waals surface area contributed by atoms with Crippen LogP contribution in [-0.4, -0.2) is 5.78 Å². The molecule has 0 aromatic heterocycles. The molecule has 4 aliphatic carbocycles. The third-order valence-electron chi connectivity index (χ3n) is 10.4. The van der Waals surface area contributed by atoms with Crippen LogP contribution >= 0.6 is 0 Å². The van der Waals surface area contributed by atoms with E-state index < -0.39 is 0 Å². The van der Waals surface area contributed by atoms with Gasteiger partial charge in [0.15, 0.2) is 0 Å². The van der Waals surface area contributed by atoms with E-state index in [-0.39, 0.29) is 0 Å². The van der Waals surface area contributed by atoms with E-state index >= 15 is 0 Å². The van der Waals surface area contributed by atoms with Crippen LogP contribution < -0.4 is 0 Å². The largest absolute Gasteiger partial charge is 0.300 e. The van der Waals surface area contributed by atoms with Crippen molar-refractivity contribution in [1.29, 1.82) is 0 Å². The average Bonchev–Trinajstić information content (AvgIpc) is 3.03. The lowest BCUT2D eigenvalue weighted by molar-refractivity contribution is -0.127. The predicted molar refractivity (Wildman–Crippen MR) is 123 cm³/mol. The first-order chi connectivity index (χ1) is 13.7. The monoisotopic (exact) mass is 396 g/mol. The summed E-state index contributed by atoms with van der Waals surface area (Å²) in [4.78, 5) is 12.1. The summed E-state index contributed by atoms with van der Waals surface area (Å²) in [5.74, 6) is 5.57. The number of carbonyl (C=O) groups is 1. The zero-order chi connectivity index (χ0) is 21.0. The minimum atomic E-state index is 0.385. The van der Waals surface area contributed by atoms with Crippen LogP contribution in [0.5, 0.6) is 0 Å². The Kier molecular flexibility index (Phi) is 5.67. The van der Waals surface area contributed by atoms with Crippen molar-refractivity contribution in [3.63, 3.8) is 0 Å². The number of Topliss-reactive ketones (excluding diaryl/α,β-unsaturated/α-hetero) is 1. The molecule has 8 atom stereocenters. The van der Waals surface area contributed by atoms with Crippen molar-refractivity contribution >= 4 is 5.78 Å². The summed E-state index contributed by atoms with van der Waals surface area (Å²) in [5.41, 5.74) is 2.68. The normalized spacial score (nSPS) is 44.2. The Balaban J connectivity index is 1.55. The van der Waals surface area contributed by atoms with Gasteiger partial charge in [-0.15, -0.1) is 0 Å². The van der Waals surface area contributed by atoms with Gasteiger partial charge in [0.1, 0.15) is 5.78 Å². The van der Waals surface area contributed by atoms with E-state index in [4.69, 9.17) is 0 Å². The Bertz CT molecular complexity index is 699. The molecule has 4 aliphatic rings. The Hall–Kier alpha value is -0.850. The molecule has 0 aromatic carbocycles. The van der Waals surface area contributed by atoms with Crippen LogP contribution in [0.25, 0.3) is 0 Å². The maximum atomic E-state index is 12.1. The Labute approximate surface area is 179 Å². The van der Waals surface area contributed by atoms with Crippen LogP contribution in [0.1, 0.15) is 92.9 Å². The van der Waals surface area contributed by atoms with E-state index in [0.717, 1.165) is 49.4 Å². The SMILES string of the molecule is CC(C)[C@@H](C)/C=C/[C@@H](C)[C@@H]1CC[C@@H]2C3=CC[C@@H]4CC(=O)CC[C@]4(C)[C@H]3CC[C@]21C. The van der Waals surface area contributed by atoms with E-state index in [1.165, 1.54) is 25.7 Å². The maximum Gasteiger partial charge on any atom is 0.133 e. The molecular formula is C28H44O. The Morgan fingerprint density at radius 3 is 2.41 bits per heavy atom. The first kappa shape index (κ1) is 21.4. The van der Waals surface area contributed by atoms with Crippen LogP contribution in [-0.2, 0) is 4.79 Å². The fraction of sp³-hybridized carbons (Fsp3) is 0.821. The van der Waals surface area contributed by atoms with E-state index in [1.807, 2.05) is 5.57 Å². The second-order valence-electron chi connectivity index (χ2n) is 12.1. The second-order valence-corrected chi connectivity index (χ2v) is 12.1. The quantitative estimate of drug-likeness (QED) is 0.447. The Morgan fingerprint density at radius 2 is 1.69 bits per heavy atom. The molecule has 0 bridgehead atoms. The van der Waals surface area contributed by atoms with E-state index in [1.54, 1.807) is 0 Å². The van der Waals surface area contributed by atoms with Gasteiger partial charge in [0.05, 0.1) is 0 Å². The fourth-order valence-corrected chi connectivity index (χ4v) is 7.91. The highest BCUT2D eigenvalue weighted by Gasteiger charge is 2.57. The number of allylic oxidation sites excluding steroid dienone is 4. The summed E-state index contributed by atoms with van der Waals surface area (Å²) in [5, 5.41) is 0. The van der Waals surface area contributed by atoms with Crippen LogP contribution in [0.4, 0.5) is 0 Å². The number of ketones is 1. The van der Waals surface area contributed by atoms with E-state index in [0.29, 0.717) is 34.4 Å². The highest BCUT2D eigenvalue weighted by atomic mass is 16.1. The molecule has 162 valence electrons. The predicted octanol–water partition coefficient (Wildman–Crippen LogP) is 7.62. The smallest absolute Gasteiger partial charge is 0.133 e. The first-order valence-corrected chi connectivity index (χ1v) is 12.6. The van der Waals surface area contributed by atoms with Gasteiger partial charge in [-0.25, -0.2) is 0 Å². The van der Waals surface area contributed by atoms with Gasteiger partial charge in [-0.2, -0.15) is 0 Å². The second kappa shape index (κ2) is 7.69. The van der Waals surface area contributed by atoms with Crippen molar-refractivity contribution in [3.8, 4) is 0 Å². The molecule has 0 amide bonds. The molecule has 0 radical (unpaired) electrons. The third kappa shape index (κ3) is 3.49. The van der Waals surface area contributed by atoms with Crippen LogP contribution in [0, 0.1) is 52.3 Å². The molecule has 1 heteroatoms. The molecule has 0 spiro atoms. The molecular weight excluding hydrogens is 352 g/mol. The van der Waals surface area contributed by atoms with Crippen LogP contribution in [0.2, 0.25) is 0 Å². The van der Waals surface area contributed by atoms with Gasteiger partial charge in [0.2, 0.25) is 0 Å². The molecule has 1 nitrogen and oxygen atoms in total. The molecule has 4 rings (SSSR count). The van der Waals surface area contributed by atoms with Crippen molar-refractivity contribution in [2.75, 3.05) is 0 Å². The summed E-state index contributed by atoms with van der Waals surface area (Å²) in [6.07, 6.45) is 17.2. The van der Waals surface area contributed by atoms with Gasteiger partial charge in [-0.05, 0) is 90.8 Å². The summed E-state index contributed by atoms with van der Waals surface area (Å²) in [7, 11) is 0. The molecule has 0 unspecified atom stereocenters. The number of hydrogen-bond donors (Lipinski definition) is 0. The molecule has 0 heterocycles. The molecule has 0 aromatic rings. The minimum absolute atomic E-state index is 0.385. The lowest BCUT2D eigenvalue weighted by Crippen LogP contribution is -2.49. The minimum Gasteiger partial charge on any atom is -0.300 e. The number of carbonyl (C=O) groups excluding carboxylic acids is 1. The first-order valence-electron chi connectivity index (χ1n) is 12.6. The van der Waals surface area contributed by atoms with Gasteiger partial charge in [0, 0.05) is 12.8 Å². The summed E-state index contributed by atoms with van der Waals surface area (Å²) < 4.78 is 0. The number of hydrogen-bond acceptors (Lipinski definition) is 1. The zero-order valence-electron chi connectivity index (χ0n) is 19.8. The van der Waals surface area contributed by atoms with Crippen molar-refractivity contribution in [2.24, 2.45) is 52.3 Å². The lowest BCUT2D eigenvalue weighted by Gasteiger charge is -2.57. The van der Waals surface area contributed by atoms with Crippen molar-refractivity contribution < 1.29 is 4.79 Å². The van der Waals surface area contributed by atoms with Crippen LogP contribution in [0.3, 0.4) is 0 Å². The lowest BCUT2D eigenvalue weighted by atomic mass is 9.48. The topological polar surface area (TPSA) is 17.1 Å². The summed E-state index contributed by atoms with van der Waals surface area (Å²) in [6, 6.07) is 0. The van der Waals surface area contributed by atoms with E-state index in [9.17, 15) is 4.79 Å².